The number of ether oxygens (including phenoxy) is 4. The van der Waals surface area contributed by atoms with Crippen molar-refractivity contribution in [2.24, 2.45) is 11.8 Å². The number of carbonyl (C=O) groups is 4. The molecule has 0 saturated carbocycles. The summed E-state index contributed by atoms with van der Waals surface area (Å²) in [6, 6.07) is 0. The van der Waals surface area contributed by atoms with Gasteiger partial charge >= 0.3 is 39.5 Å². The fraction of sp³-hybridized carbons (Fsp3) is 0.943. The lowest BCUT2D eigenvalue weighted by molar-refractivity contribution is -0.161. The van der Waals surface area contributed by atoms with E-state index in [1.807, 2.05) is 0 Å². The number of unbranched alkanes of at least 4 members (excludes halogenated alkanes) is 38. The first kappa shape index (κ1) is 87.1. The zero-order chi connectivity index (χ0) is 65.7. The molecule has 0 radical (unpaired) electrons. The van der Waals surface area contributed by atoms with Gasteiger partial charge in [-0.05, 0) is 37.5 Å². The minimum atomic E-state index is -4.95. The maximum absolute atomic E-state index is 13.0. The van der Waals surface area contributed by atoms with E-state index in [4.69, 9.17) is 37.0 Å². The molecule has 3 unspecified atom stereocenters. The number of phosphoric acid groups is 2. The Labute approximate surface area is 543 Å². The predicted molar refractivity (Wildman–Crippen MR) is 358 cm³/mol. The molecule has 0 saturated heterocycles. The third-order valence-electron chi connectivity index (χ3n) is 16.6. The van der Waals surface area contributed by atoms with E-state index in [2.05, 4.69) is 41.5 Å². The highest BCUT2D eigenvalue weighted by Crippen LogP contribution is 2.45. The molecule has 3 N–H and O–H groups in total. The molecule has 0 bridgehead atoms. The van der Waals surface area contributed by atoms with Gasteiger partial charge in [0.1, 0.15) is 19.3 Å². The molecule has 528 valence electrons. The van der Waals surface area contributed by atoms with Crippen molar-refractivity contribution < 1.29 is 80.2 Å². The van der Waals surface area contributed by atoms with Crippen LogP contribution in [0.25, 0.3) is 0 Å². The van der Waals surface area contributed by atoms with Crippen LogP contribution in [0.5, 0.6) is 0 Å². The number of esters is 4. The molecule has 0 aliphatic rings. The van der Waals surface area contributed by atoms with Crippen molar-refractivity contribution in [3.63, 3.8) is 0 Å². The second kappa shape index (κ2) is 62.2. The van der Waals surface area contributed by atoms with Crippen LogP contribution in [-0.4, -0.2) is 96.7 Å². The Hall–Kier alpha value is -1.94. The predicted octanol–water partition coefficient (Wildman–Crippen LogP) is 20.0. The zero-order valence-electron chi connectivity index (χ0n) is 57.7. The molecule has 17 nitrogen and oxygen atoms in total. The zero-order valence-corrected chi connectivity index (χ0v) is 59.5. The van der Waals surface area contributed by atoms with Crippen LogP contribution in [0.1, 0.15) is 356 Å². The molecular formula is C70H136O17P2. The molecule has 0 aliphatic carbocycles. The van der Waals surface area contributed by atoms with Crippen LogP contribution in [0.4, 0.5) is 0 Å². The number of rotatable bonds is 69. The van der Waals surface area contributed by atoms with Crippen LogP contribution in [0, 0.1) is 11.8 Å². The van der Waals surface area contributed by atoms with Crippen molar-refractivity contribution in [3.05, 3.63) is 0 Å². The summed E-state index contributed by atoms with van der Waals surface area (Å²) in [7, 11) is -9.90. The van der Waals surface area contributed by atoms with E-state index in [1.54, 1.807) is 0 Å². The van der Waals surface area contributed by atoms with Gasteiger partial charge in [0, 0.05) is 25.7 Å². The van der Waals surface area contributed by atoms with Gasteiger partial charge in [-0.1, -0.05) is 305 Å². The van der Waals surface area contributed by atoms with Gasteiger partial charge in [0.15, 0.2) is 12.2 Å². The first-order valence-electron chi connectivity index (χ1n) is 36.5. The van der Waals surface area contributed by atoms with Crippen LogP contribution in [-0.2, 0) is 65.4 Å². The van der Waals surface area contributed by atoms with Crippen molar-refractivity contribution in [2.45, 2.75) is 374 Å². The highest BCUT2D eigenvalue weighted by Gasteiger charge is 2.30. The lowest BCUT2D eigenvalue weighted by Crippen LogP contribution is -2.30. The Morgan fingerprint density at radius 2 is 0.573 bits per heavy atom. The summed E-state index contributed by atoms with van der Waals surface area (Å²) in [6.07, 6.45) is 46.9. The first-order chi connectivity index (χ1) is 42.9. The number of phosphoric ester groups is 2. The number of hydrogen-bond donors (Lipinski definition) is 3. The topological polar surface area (TPSA) is 237 Å². The second-order valence-corrected chi connectivity index (χ2v) is 28.9. The van der Waals surface area contributed by atoms with Crippen LogP contribution < -0.4 is 0 Å². The highest BCUT2D eigenvalue weighted by molar-refractivity contribution is 7.47. The monoisotopic (exact) mass is 1310 g/mol. The molecule has 19 heteroatoms. The molecule has 89 heavy (non-hydrogen) atoms. The van der Waals surface area contributed by atoms with Gasteiger partial charge < -0.3 is 33.8 Å². The molecule has 0 aromatic heterocycles. The molecule has 0 spiro atoms. The van der Waals surface area contributed by atoms with Gasteiger partial charge in [-0.25, -0.2) is 9.13 Å². The van der Waals surface area contributed by atoms with Crippen molar-refractivity contribution in [2.75, 3.05) is 39.6 Å². The summed E-state index contributed by atoms with van der Waals surface area (Å²) < 4.78 is 68.3. The largest absolute Gasteiger partial charge is 0.472 e. The molecule has 0 fully saturated rings. The fourth-order valence-corrected chi connectivity index (χ4v) is 12.1. The van der Waals surface area contributed by atoms with Gasteiger partial charge in [0.2, 0.25) is 0 Å². The first-order valence-corrected chi connectivity index (χ1v) is 39.5. The Morgan fingerprint density at radius 3 is 0.854 bits per heavy atom. The number of aliphatic hydroxyl groups excluding tert-OH is 1. The summed E-state index contributed by atoms with van der Waals surface area (Å²) in [4.78, 5) is 72.5. The molecule has 6 atom stereocenters. The SMILES string of the molecule is CCCCCCCCCCCCCC(=O)O[C@H](COC(=O)CCCCCCCCCCCC)COP(=O)(O)OC[C@H](O)COP(=O)(O)OC[C@@H](COC(=O)CCCCCCCCCCCCC(C)CC)OC(=O)CCCCCCCCCCCCCC(C)C. The summed E-state index contributed by atoms with van der Waals surface area (Å²) in [5, 5.41) is 10.6. The van der Waals surface area contributed by atoms with Crippen LogP contribution >= 0.6 is 15.6 Å². The highest BCUT2D eigenvalue weighted by atomic mass is 31.2. The van der Waals surface area contributed by atoms with E-state index in [1.165, 1.54) is 173 Å². The Kier molecular flexibility index (Phi) is 60.8. The van der Waals surface area contributed by atoms with Crippen molar-refractivity contribution in [1.29, 1.82) is 0 Å². The molecule has 0 amide bonds. The van der Waals surface area contributed by atoms with Crippen molar-refractivity contribution in [3.8, 4) is 0 Å². The normalized spacial score (nSPS) is 14.4. The van der Waals surface area contributed by atoms with Gasteiger partial charge in [0.25, 0.3) is 0 Å². The molecular weight excluding hydrogens is 1170 g/mol. The third-order valence-corrected chi connectivity index (χ3v) is 18.5. The summed E-state index contributed by atoms with van der Waals surface area (Å²) in [5.74, 6) is -0.548. The van der Waals surface area contributed by atoms with Gasteiger partial charge in [-0.2, -0.15) is 0 Å². The molecule has 0 aliphatic heterocycles. The average Bonchev–Trinajstić information content (AvgIpc) is 3.71. The lowest BCUT2D eigenvalue weighted by atomic mass is 9.99. The van der Waals surface area contributed by atoms with E-state index in [9.17, 15) is 43.2 Å². The van der Waals surface area contributed by atoms with Gasteiger partial charge in [-0.15, -0.1) is 0 Å². The van der Waals surface area contributed by atoms with E-state index in [0.29, 0.717) is 25.7 Å². The Bertz CT molecular complexity index is 1740. The number of hydrogen-bond acceptors (Lipinski definition) is 15. The van der Waals surface area contributed by atoms with Crippen LogP contribution in [0.15, 0.2) is 0 Å². The minimum absolute atomic E-state index is 0.106. The maximum atomic E-state index is 13.0. The van der Waals surface area contributed by atoms with Gasteiger partial charge in [-0.3, -0.25) is 37.3 Å². The molecule has 0 rings (SSSR count). The molecule has 0 aromatic carbocycles. The average molecular weight is 1310 g/mol. The van der Waals surface area contributed by atoms with E-state index in [-0.39, 0.29) is 25.7 Å². The molecule has 0 heterocycles. The molecule has 0 aromatic rings. The summed E-state index contributed by atoms with van der Waals surface area (Å²) >= 11 is 0. The summed E-state index contributed by atoms with van der Waals surface area (Å²) in [5.41, 5.74) is 0. The van der Waals surface area contributed by atoms with E-state index >= 15 is 0 Å². The number of carbonyl (C=O) groups excluding carboxylic acids is 4. The van der Waals surface area contributed by atoms with E-state index < -0.39 is 97.5 Å². The maximum Gasteiger partial charge on any atom is 0.472 e. The second-order valence-electron chi connectivity index (χ2n) is 26.0. The smallest absolute Gasteiger partial charge is 0.462 e. The lowest BCUT2D eigenvalue weighted by Gasteiger charge is -2.21. The number of aliphatic hydroxyl groups is 1. The van der Waals surface area contributed by atoms with Gasteiger partial charge in [0.05, 0.1) is 26.4 Å². The Balaban J connectivity index is 5.25. The van der Waals surface area contributed by atoms with E-state index in [0.717, 1.165) is 102 Å². The van der Waals surface area contributed by atoms with Crippen molar-refractivity contribution in [1.82, 2.24) is 0 Å². The standard InChI is InChI=1S/C70H136O17P2/c1-7-10-12-14-16-18-21-30-36-42-48-54-69(74)86-65(58-80-67(72)52-46-40-34-28-19-17-15-13-11-8-2)60-84-88(76,77)82-56-64(71)57-83-89(78,79)85-61-66(87-70(75)55-49-43-37-31-23-20-22-26-32-38-44-50-62(4)5)59-81-68(73)53-47-41-35-29-25-24-27-33-39-45-51-63(6)9-3/h62-66,71H,7-61H2,1-6H3,(H,76,77)(H,78,79)/t63?,64-,65+,66+/m0/s1. The fourth-order valence-electron chi connectivity index (χ4n) is 10.6. The van der Waals surface area contributed by atoms with Crippen molar-refractivity contribution >= 4 is 39.5 Å². The van der Waals surface area contributed by atoms with Crippen LogP contribution in [0.2, 0.25) is 0 Å². The summed E-state index contributed by atoms with van der Waals surface area (Å²) in [6.45, 7) is 9.57. The van der Waals surface area contributed by atoms with Crippen LogP contribution in [0.3, 0.4) is 0 Å². The Morgan fingerprint density at radius 1 is 0.326 bits per heavy atom. The third kappa shape index (κ3) is 63.2. The minimum Gasteiger partial charge on any atom is -0.462 e. The quantitative estimate of drug-likeness (QED) is 0.0222.